The molecule has 0 radical (unpaired) electrons. The Kier molecular flexibility index (Phi) is 2.61. The molecule has 0 fully saturated rings. The van der Waals surface area contributed by atoms with Crippen LogP contribution < -0.4 is 5.73 Å². The Hall–Kier alpha value is -2.13. The SMILES string of the molecule is NC(=O)c1cccc(-c2cc3ccccc3s2)c1. The number of hydrogen-bond acceptors (Lipinski definition) is 2. The van der Waals surface area contributed by atoms with Gasteiger partial charge in [-0.05, 0) is 35.2 Å². The molecule has 0 saturated heterocycles. The van der Waals surface area contributed by atoms with Gasteiger partial charge in [-0.1, -0.05) is 30.3 Å². The Bertz CT molecular complexity index is 697. The van der Waals surface area contributed by atoms with Crippen molar-refractivity contribution in [3.63, 3.8) is 0 Å². The van der Waals surface area contributed by atoms with Crippen molar-refractivity contribution in [1.82, 2.24) is 0 Å². The monoisotopic (exact) mass is 253 g/mol. The highest BCUT2D eigenvalue weighted by Crippen LogP contribution is 2.33. The molecule has 3 heteroatoms. The van der Waals surface area contributed by atoms with E-state index in [-0.39, 0.29) is 0 Å². The van der Waals surface area contributed by atoms with Crippen LogP contribution in [0.25, 0.3) is 20.5 Å². The summed E-state index contributed by atoms with van der Waals surface area (Å²) < 4.78 is 1.25. The van der Waals surface area contributed by atoms with Crippen LogP contribution in [0.3, 0.4) is 0 Å². The molecular formula is C15H11NOS. The highest BCUT2D eigenvalue weighted by molar-refractivity contribution is 7.22. The van der Waals surface area contributed by atoms with Crippen LogP contribution in [0.1, 0.15) is 10.4 Å². The van der Waals surface area contributed by atoms with Crippen LogP contribution in [0.5, 0.6) is 0 Å². The van der Waals surface area contributed by atoms with Gasteiger partial charge in [0.15, 0.2) is 0 Å². The lowest BCUT2D eigenvalue weighted by molar-refractivity contribution is 0.100. The van der Waals surface area contributed by atoms with Gasteiger partial charge in [-0.3, -0.25) is 4.79 Å². The van der Waals surface area contributed by atoms with Crippen molar-refractivity contribution in [2.45, 2.75) is 0 Å². The molecule has 2 nitrogen and oxygen atoms in total. The number of hydrogen-bond donors (Lipinski definition) is 1. The second-order valence-electron chi connectivity index (χ2n) is 4.09. The van der Waals surface area contributed by atoms with Crippen molar-refractivity contribution in [3.05, 3.63) is 60.2 Å². The van der Waals surface area contributed by atoms with E-state index in [1.807, 2.05) is 30.3 Å². The first-order valence-corrected chi connectivity index (χ1v) is 6.44. The third-order valence-electron chi connectivity index (χ3n) is 2.86. The Labute approximate surface area is 109 Å². The summed E-state index contributed by atoms with van der Waals surface area (Å²) >= 11 is 1.72. The first-order valence-electron chi connectivity index (χ1n) is 5.63. The second-order valence-corrected chi connectivity index (χ2v) is 5.18. The minimum Gasteiger partial charge on any atom is -0.366 e. The number of thiophene rings is 1. The largest absolute Gasteiger partial charge is 0.366 e. The lowest BCUT2D eigenvalue weighted by Crippen LogP contribution is -2.10. The number of amides is 1. The summed E-state index contributed by atoms with van der Waals surface area (Å²) in [5.74, 6) is -0.391. The minimum absolute atomic E-state index is 0.391. The van der Waals surface area contributed by atoms with Crippen LogP contribution in [0.15, 0.2) is 54.6 Å². The van der Waals surface area contributed by atoms with Gasteiger partial charge >= 0.3 is 0 Å². The first-order chi connectivity index (χ1) is 8.74. The second kappa shape index (κ2) is 4.27. The standard InChI is InChI=1S/C15H11NOS/c16-15(17)12-6-3-5-10(8-12)14-9-11-4-1-2-7-13(11)18-14/h1-9H,(H2,16,17). The molecule has 1 aromatic heterocycles. The molecule has 3 rings (SSSR count). The first kappa shape index (κ1) is 11.0. The van der Waals surface area contributed by atoms with Gasteiger partial charge in [0, 0.05) is 15.1 Å². The third-order valence-corrected chi connectivity index (χ3v) is 4.02. The maximum absolute atomic E-state index is 11.2. The average molecular weight is 253 g/mol. The van der Waals surface area contributed by atoms with Gasteiger partial charge in [0.2, 0.25) is 5.91 Å². The molecule has 0 atom stereocenters. The van der Waals surface area contributed by atoms with Crippen LogP contribution in [-0.2, 0) is 0 Å². The number of benzene rings is 2. The zero-order valence-electron chi connectivity index (χ0n) is 9.59. The smallest absolute Gasteiger partial charge is 0.248 e. The van der Waals surface area contributed by atoms with Crippen molar-refractivity contribution in [3.8, 4) is 10.4 Å². The number of carbonyl (C=O) groups excluding carboxylic acids is 1. The normalized spacial score (nSPS) is 10.7. The summed E-state index contributed by atoms with van der Waals surface area (Å²) in [4.78, 5) is 12.3. The van der Waals surface area contributed by atoms with Crippen molar-refractivity contribution in [2.24, 2.45) is 5.73 Å². The summed E-state index contributed by atoms with van der Waals surface area (Å²) in [5.41, 5.74) is 6.88. The fourth-order valence-electron chi connectivity index (χ4n) is 1.95. The maximum atomic E-state index is 11.2. The molecule has 0 bridgehead atoms. The average Bonchev–Trinajstić information content (AvgIpc) is 2.82. The summed E-state index contributed by atoms with van der Waals surface area (Å²) in [6.45, 7) is 0. The summed E-state index contributed by atoms with van der Waals surface area (Å²) in [6, 6.07) is 17.8. The van der Waals surface area contributed by atoms with Crippen LogP contribution in [0.4, 0.5) is 0 Å². The molecule has 18 heavy (non-hydrogen) atoms. The Morgan fingerprint density at radius 3 is 2.61 bits per heavy atom. The van der Waals surface area contributed by atoms with Crippen molar-refractivity contribution < 1.29 is 4.79 Å². The molecule has 0 spiro atoms. The molecule has 2 aromatic carbocycles. The maximum Gasteiger partial charge on any atom is 0.248 e. The molecule has 2 N–H and O–H groups in total. The van der Waals surface area contributed by atoms with Gasteiger partial charge in [-0.2, -0.15) is 0 Å². The molecule has 0 aliphatic heterocycles. The van der Waals surface area contributed by atoms with E-state index in [9.17, 15) is 4.79 Å². The molecule has 0 aliphatic carbocycles. The number of fused-ring (bicyclic) bond motifs is 1. The van der Waals surface area contributed by atoms with Crippen molar-refractivity contribution in [2.75, 3.05) is 0 Å². The van der Waals surface area contributed by atoms with E-state index in [1.54, 1.807) is 17.4 Å². The van der Waals surface area contributed by atoms with Crippen LogP contribution in [0.2, 0.25) is 0 Å². The number of rotatable bonds is 2. The molecule has 1 heterocycles. The highest BCUT2D eigenvalue weighted by Gasteiger charge is 2.06. The summed E-state index contributed by atoms with van der Waals surface area (Å²) in [7, 11) is 0. The molecular weight excluding hydrogens is 242 g/mol. The predicted molar refractivity (Wildman–Crippen MR) is 75.8 cm³/mol. The molecule has 88 valence electrons. The van der Waals surface area contributed by atoms with Gasteiger partial charge in [0.25, 0.3) is 0 Å². The quantitative estimate of drug-likeness (QED) is 0.744. The lowest BCUT2D eigenvalue weighted by Gasteiger charge is -1.99. The van der Waals surface area contributed by atoms with Crippen molar-refractivity contribution in [1.29, 1.82) is 0 Å². The summed E-state index contributed by atoms with van der Waals surface area (Å²) in [5, 5.41) is 1.22. The Balaban J connectivity index is 2.13. The lowest BCUT2D eigenvalue weighted by atomic mass is 10.1. The van der Waals surface area contributed by atoms with E-state index in [2.05, 4.69) is 18.2 Å². The van der Waals surface area contributed by atoms with E-state index in [4.69, 9.17) is 5.73 Å². The highest BCUT2D eigenvalue weighted by atomic mass is 32.1. The van der Waals surface area contributed by atoms with E-state index >= 15 is 0 Å². The fourth-order valence-corrected chi connectivity index (χ4v) is 3.01. The van der Waals surface area contributed by atoms with Gasteiger partial charge in [0.1, 0.15) is 0 Å². The zero-order chi connectivity index (χ0) is 12.5. The molecule has 0 unspecified atom stereocenters. The molecule has 0 aliphatic rings. The van der Waals surface area contributed by atoms with Crippen LogP contribution in [0, 0.1) is 0 Å². The Morgan fingerprint density at radius 2 is 1.83 bits per heavy atom. The number of nitrogens with two attached hydrogens (primary N) is 1. The van der Waals surface area contributed by atoms with Crippen molar-refractivity contribution >= 4 is 27.3 Å². The molecule has 3 aromatic rings. The minimum atomic E-state index is -0.391. The number of carbonyl (C=O) groups is 1. The van der Waals surface area contributed by atoms with Gasteiger partial charge in [-0.15, -0.1) is 11.3 Å². The predicted octanol–water partition coefficient (Wildman–Crippen LogP) is 3.67. The van der Waals surface area contributed by atoms with E-state index in [0.29, 0.717) is 5.56 Å². The molecule has 0 saturated carbocycles. The van der Waals surface area contributed by atoms with E-state index < -0.39 is 5.91 Å². The van der Waals surface area contributed by atoms with Crippen LogP contribution in [-0.4, -0.2) is 5.91 Å². The van der Waals surface area contributed by atoms with Gasteiger partial charge in [0.05, 0.1) is 0 Å². The Morgan fingerprint density at radius 1 is 1.00 bits per heavy atom. The van der Waals surface area contributed by atoms with Gasteiger partial charge in [-0.25, -0.2) is 0 Å². The van der Waals surface area contributed by atoms with E-state index in [1.165, 1.54) is 10.1 Å². The zero-order valence-corrected chi connectivity index (χ0v) is 10.4. The number of primary amides is 1. The topological polar surface area (TPSA) is 43.1 Å². The third kappa shape index (κ3) is 1.89. The summed E-state index contributed by atoms with van der Waals surface area (Å²) in [6.07, 6.45) is 0. The van der Waals surface area contributed by atoms with Gasteiger partial charge < -0.3 is 5.73 Å². The fraction of sp³-hybridized carbons (Fsp3) is 0. The molecule has 1 amide bonds. The van der Waals surface area contributed by atoms with E-state index in [0.717, 1.165) is 10.4 Å². The van der Waals surface area contributed by atoms with Crippen LogP contribution >= 0.6 is 11.3 Å².